The van der Waals surface area contributed by atoms with Crippen molar-refractivity contribution in [2.45, 2.75) is 6.54 Å². The molecular formula is C18H10BrIN2O3S. The number of phenols is 1. The summed E-state index contributed by atoms with van der Waals surface area (Å²) in [5, 5.41) is 18.9. The Morgan fingerprint density at radius 1 is 1.31 bits per heavy atom. The molecule has 0 aliphatic carbocycles. The van der Waals surface area contributed by atoms with Gasteiger partial charge in [-0.3, -0.25) is 14.5 Å². The minimum absolute atomic E-state index is 0.0355. The van der Waals surface area contributed by atoms with Crippen LogP contribution in [0.2, 0.25) is 0 Å². The van der Waals surface area contributed by atoms with E-state index in [1.807, 2.05) is 22.6 Å². The van der Waals surface area contributed by atoms with Crippen molar-refractivity contribution in [3.05, 3.63) is 66.0 Å². The first-order valence-electron chi connectivity index (χ1n) is 7.32. The number of amides is 2. The third kappa shape index (κ3) is 3.79. The molecule has 1 heterocycles. The van der Waals surface area contributed by atoms with Crippen molar-refractivity contribution in [2.24, 2.45) is 0 Å². The molecule has 0 bridgehead atoms. The van der Waals surface area contributed by atoms with Crippen LogP contribution in [0.4, 0.5) is 4.79 Å². The number of phenolic OH excluding ortho intramolecular Hbond substituents is 1. The van der Waals surface area contributed by atoms with Crippen LogP contribution in [-0.2, 0) is 11.3 Å². The van der Waals surface area contributed by atoms with Gasteiger partial charge in [0.05, 0.1) is 26.7 Å². The summed E-state index contributed by atoms with van der Waals surface area (Å²) in [5.74, 6) is -0.391. The van der Waals surface area contributed by atoms with Crippen LogP contribution in [-0.4, -0.2) is 21.2 Å². The molecule has 130 valence electrons. The number of thioether (sulfide) groups is 1. The Hall–Kier alpha value is -1.83. The Morgan fingerprint density at radius 2 is 2.04 bits per heavy atom. The first-order chi connectivity index (χ1) is 12.4. The fourth-order valence-electron chi connectivity index (χ4n) is 2.41. The number of halogens is 2. The van der Waals surface area contributed by atoms with Gasteiger partial charge in [0, 0.05) is 10.0 Å². The monoisotopic (exact) mass is 540 g/mol. The maximum atomic E-state index is 12.6. The molecule has 5 nitrogen and oxygen atoms in total. The van der Waals surface area contributed by atoms with E-state index in [-0.39, 0.29) is 17.2 Å². The van der Waals surface area contributed by atoms with Crippen LogP contribution in [0.25, 0.3) is 6.08 Å². The molecule has 0 radical (unpaired) electrons. The second kappa shape index (κ2) is 7.82. The predicted molar refractivity (Wildman–Crippen MR) is 111 cm³/mol. The van der Waals surface area contributed by atoms with E-state index in [1.165, 1.54) is 6.08 Å². The van der Waals surface area contributed by atoms with E-state index in [0.29, 0.717) is 20.3 Å². The van der Waals surface area contributed by atoms with Gasteiger partial charge in [0.15, 0.2) is 0 Å². The first kappa shape index (κ1) is 18.9. The van der Waals surface area contributed by atoms with E-state index in [0.717, 1.165) is 21.1 Å². The lowest BCUT2D eigenvalue weighted by atomic mass is 10.1. The van der Waals surface area contributed by atoms with Crippen LogP contribution < -0.4 is 0 Å². The number of nitrogens with zero attached hydrogens (tertiary/aromatic N) is 2. The highest BCUT2D eigenvalue weighted by Crippen LogP contribution is 2.37. The van der Waals surface area contributed by atoms with E-state index in [4.69, 9.17) is 5.26 Å². The summed E-state index contributed by atoms with van der Waals surface area (Å²) in [7, 11) is 0. The van der Waals surface area contributed by atoms with Gasteiger partial charge in [-0.1, -0.05) is 34.1 Å². The highest BCUT2D eigenvalue weighted by atomic mass is 127. The number of hydrogen-bond donors (Lipinski definition) is 1. The smallest absolute Gasteiger partial charge is 0.293 e. The van der Waals surface area contributed by atoms with Crippen LogP contribution in [0.1, 0.15) is 16.7 Å². The van der Waals surface area contributed by atoms with Crippen LogP contribution in [0.3, 0.4) is 0 Å². The summed E-state index contributed by atoms with van der Waals surface area (Å²) < 4.78 is 1.39. The quantitative estimate of drug-likeness (QED) is 0.444. The van der Waals surface area contributed by atoms with E-state index < -0.39 is 11.1 Å². The van der Waals surface area contributed by atoms with Gasteiger partial charge in [0.25, 0.3) is 11.1 Å². The molecule has 1 N–H and O–H groups in total. The van der Waals surface area contributed by atoms with Crippen molar-refractivity contribution in [2.75, 3.05) is 0 Å². The molecule has 1 fully saturated rings. The van der Waals surface area contributed by atoms with Crippen LogP contribution in [0, 0.1) is 14.9 Å². The zero-order valence-electron chi connectivity index (χ0n) is 13.1. The van der Waals surface area contributed by atoms with Crippen molar-refractivity contribution in [3.8, 4) is 11.8 Å². The lowest BCUT2D eigenvalue weighted by molar-refractivity contribution is -0.123. The molecule has 0 aromatic heterocycles. The van der Waals surface area contributed by atoms with Crippen LogP contribution in [0.15, 0.2) is 45.8 Å². The molecule has 0 atom stereocenters. The van der Waals surface area contributed by atoms with Crippen molar-refractivity contribution in [3.63, 3.8) is 0 Å². The van der Waals surface area contributed by atoms with Gasteiger partial charge in [0.1, 0.15) is 5.75 Å². The third-order valence-electron chi connectivity index (χ3n) is 3.68. The highest BCUT2D eigenvalue weighted by Gasteiger charge is 2.35. The van der Waals surface area contributed by atoms with Crippen molar-refractivity contribution >= 4 is 67.5 Å². The number of imide groups is 1. The SMILES string of the molecule is N#Cc1ccccc1CN1C(=O)S/C(=C\c2cc(Br)cc(I)c2O)C1=O. The summed E-state index contributed by atoms with van der Waals surface area (Å²) in [5.41, 5.74) is 1.49. The summed E-state index contributed by atoms with van der Waals surface area (Å²) in [6.45, 7) is 0.0355. The average molecular weight is 541 g/mol. The van der Waals surface area contributed by atoms with E-state index in [1.54, 1.807) is 36.4 Å². The maximum absolute atomic E-state index is 12.6. The Bertz CT molecular complexity index is 1000. The van der Waals surface area contributed by atoms with Gasteiger partial charge >= 0.3 is 0 Å². The van der Waals surface area contributed by atoms with Gasteiger partial charge in [0.2, 0.25) is 0 Å². The second-order valence-corrected chi connectivity index (χ2v) is 8.43. The van der Waals surface area contributed by atoms with Gasteiger partial charge in [-0.15, -0.1) is 0 Å². The predicted octanol–water partition coefficient (Wildman–Crippen LogP) is 4.87. The Morgan fingerprint density at radius 3 is 2.77 bits per heavy atom. The largest absolute Gasteiger partial charge is 0.506 e. The molecule has 2 aromatic carbocycles. The van der Waals surface area contributed by atoms with Gasteiger partial charge in [-0.2, -0.15) is 5.26 Å². The van der Waals surface area contributed by atoms with Crippen molar-refractivity contribution < 1.29 is 14.7 Å². The molecule has 0 spiro atoms. The lowest BCUT2D eigenvalue weighted by Gasteiger charge is -2.13. The number of hydrogen-bond acceptors (Lipinski definition) is 5. The number of carbonyl (C=O) groups is 2. The zero-order valence-corrected chi connectivity index (χ0v) is 17.6. The molecule has 0 unspecified atom stereocenters. The standard InChI is InChI=1S/C18H10BrIN2O3S/c19-13-5-12(16(23)14(20)7-13)6-15-17(24)22(18(25)26-15)9-11-4-2-1-3-10(11)8-21/h1-7,23H,9H2/b15-6-. The molecule has 8 heteroatoms. The Balaban J connectivity index is 1.91. The van der Waals surface area contributed by atoms with Gasteiger partial charge in [-0.05, 0) is 64.2 Å². The highest BCUT2D eigenvalue weighted by molar-refractivity contribution is 14.1. The number of benzene rings is 2. The normalized spacial score (nSPS) is 15.6. The molecule has 1 saturated heterocycles. The lowest BCUT2D eigenvalue weighted by Crippen LogP contribution is -2.27. The molecule has 0 saturated carbocycles. The average Bonchev–Trinajstić information content (AvgIpc) is 2.87. The fourth-order valence-corrected chi connectivity index (χ4v) is 4.79. The summed E-state index contributed by atoms with van der Waals surface area (Å²) in [6.07, 6.45) is 1.50. The van der Waals surface area contributed by atoms with Gasteiger partial charge in [-0.25, -0.2) is 0 Å². The summed E-state index contributed by atoms with van der Waals surface area (Å²) in [6, 6.07) is 12.3. The van der Waals surface area contributed by atoms with Crippen molar-refractivity contribution in [1.82, 2.24) is 4.90 Å². The van der Waals surface area contributed by atoms with E-state index in [9.17, 15) is 14.7 Å². The number of carbonyl (C=O) groups excluding carboxylic acids is 2. The topological polar surface area (TPSA) is 81.4 Å². The molecule has 26 heavy (non-hydrogen) atoms. The zero-order chi connectivity index (χ0) is 18.8. The minimum atomic E-state index is -0.442. The molecule has 2 amide bonds. The van der Waals surface area contributed by atoms with Crippen LogP contribution in [0.5, 0.6) is 5.75 Å². The van der Waals surface area contributed by atoms with Crippen molar-refractivity contribution in [1.29, 1.82) is 5.26 Å². The molecule has 1 aliphatic heterocycles. The number of nitriles is 1. The minimum Gasteiger partial charge on any atom is -0.506 e. The molecule has 3 rings (SSSR count). The van der Waals surface area contributed by atoms with E-state index in [2.05, 4.69) is 22.0 Å². The maximum Gasteiger partial charge on any atom is 0.293 e. The Labute approximate surface area is 176 Å². The summed E-state index contributed by atoms with van der Waals surface area (Å²) in [4.78, 5) is 26.3. The third-order valence-corrected chi connectivity index (χ3v) is 5.87. The molecule has 2 aromatic rings. The molecular weight excluding hydrogens is 531 g/mol. The fraction of sp³-hybridized carbons (Fsp3) is 0.0556. The van der Waals surface area contributed by atoms with Crippen LogP contribution >= 0.6 is 50.3 Å². The first-order valence-corrected chi connectivity index (χ1v) is 10.0. The second-order valence-electron chi connectivity index (χ2n) is 5.36. The Kier molecular flexibility index (Phi) is 5.70. The number of aromatic hydroxyl groups is 1. The summed E-state index contributed by atoms with van der Waals surface area (Å²) >= 11 is 6.16. The number of rotatable bonds is 3. The van der Waals surface area contributed by atoms with E-state index >= 15 is 0 Å². The van der Waals surface area contributed by atoms with Gasteiger partial charge < -0.3 is 5.11 Å². The molecule has 1 aliphatic rings.